The first-order chi connectivity index (χ1) is 10.1. The highest BCUT2D eigenvalue weighted by molar-refractivity contribution is 6.02. The number of urea groups is 1. The first kappa shape index (κ1) is 13.2. The average Bonchev–Trinajstić information content (AvgIpc) is 3.07. The number of aromatic nitrogens is 2. The molecule has 0 fully saturated rings. The van der Waals surface area contributed by atoms with E-state index in [-0.39, 0.29) is 6.03 Å². The largest absolute Gasteiger partial charge is 0.470 e. The van der Waals surface area contributed by atoms with E-state index in [0.717, 1.165) is 22.3 Å². The molecule has 0 bridgehead atoms. The van der Waals surface area contributed by atoms with Crippen LogP contribution in [0.3, 0.4) is 0 Å². The fraction of sp³-hybridized carbons (Fsp3) is 0.200. The predicted molar refractivity (Wildman–Crippen MR) is 81.6 cm³/mol. The number of anilines is 2. The van der Waals surface area contributed by atoms with Gasteiger partial charge in [-0.1, -0.05) is 0 Å². The number of hydrogen-bond donors (Lipinski definition) is 1. The van der Waals surface area contributed by atoms with Crippen LogP contribution in [0.2, 0.25) is 0 Å². The third kappa shape index (κ3) is 2.35. The maximum Gasteiger partial charge on any atom is 0.326 e. The standard InChI is InChI=1S/C15H16N4O2/c1-10-13-5-4-12(8-14(13)17-19(10)3)18(2)15(20)16-11-6-7-21-9-11/h4-9H,1-3H3,(H,16,20). The van der Waals surface area contributed by atoms with E-state index in [1.807, 2.05) is 36.9 Å². The Bertz CT molecular complexity index is 789. The molecule has 1 N–H and O–H groups in total. The van der Waals surface area contributed by atoms with Gasteiger partial charge in [0.2, 0.25) is 0 Å². The summed E-state index contributed by atoms with van der Waals surface area (Å²) < 4.78 is 6.76. The molecular formula is C15H16N4O2. The molecule has 0 aliphatic rings. The van der Waals surface area contributed by atoms with Crippen LogP contribution in [0.25, 0.3) is 10.9 Å². The van der Waals surface area contributed by atoms with E-state index >= 15 is 0 Å². The number of benzene rings is 1. The number of hydrogen-bond acceptors (Lipinski definition) is 3. The minimum absolute atomic E-state index is 0.233. The fourth-order valence-electron chi connectivity index (χ4n) is 2.19. The number of aryl methyl sites for hydroxylation is 2. The first-order valence-corrected chi connectivity index (χ1v) is 6.56. The Balaban J connectivity index is 1.87. The van der Waals surface area contributed by atoms with Crippen LogP contribution in [-0.4, -0.2) is 22.9 Å². The zero-order chi connectivity index (χ0) is 15.0. The summed E-state index contributed by atoms with van der Waals surface area (Å²) in [6.45, 7) is 2.02. The summed E-state index contributed by atoms with van der Waals surface area (Å²) in [6.07, 6.45) is 3.00. The summed E-state index contributed by atoms with van der Waals surface area (Å²) in [6, 6.07) is 7.25. The molecule has 21 heavy (non-hydrogen) atoms. The molecule has 0 saturated heterocycles. The van der Waals surface area contributed by atoms with E-state index in [1.54, 1.807) is 13.1 Å². The van der Waals surface area contributed by atoms with Gasteiger partial charge in [0.25, 0.3) is 0 Å². The Morgan fingerprint density at radius 3 is 2.90 bits per heavy atom. The van der Waals surface area contributed by atoms with Crippen molar-refractivity contribution in [1.82, 2.24) is 9.78 Å². The Kier molecular flexibility index (Phi) is 3.13. The summed E-state index contributed by atoms with van der Waals surface area (Å²) in [4.78, 5) is 13.7. The van der Waals surface area contributed by atoms with Crippen molar-refractivity contribution < 1.29 is 9.21 Å². The van der Waals surface area contributed by atoms with Crippen molar-refractivity contribution in [2.24, 2.45) is 7.05 Å². The smallest absolute Gasteiger partial charge is 0.326 e. The lowest BCUT2D eigenvalue weighted by atomic mass is 10.2. The molecule has 2 amide bonds. The Labute approximate surface area is 122 Å². The van der Waals surface area contributed by atoms with Crippen molar-refractivity contribution in [2.45, 2.75) is 6.92 Å². The SMILES string of the molecule is Cc1c2ccc(N(C)C(=O)Nc3ccoc3)cc2nn1C. The molecule has 0 atom stereocenters. The quantitative estimate of drug-likeness (QED) is 0.786. The highest BCUT2D eigenvalue weighted by Crippen LogP contribution is 2.23. The van der Waals surface area contributed by atoms with Crippen molar-refractivity contribution in [3.05, 3.63) is 42.5 Å². The van der Waals surface area contributed by atoms with Crippen LogP contribution in [0.1, 0.15) is 5.69 Å². The molecular weight excluding hydrogens is 268 g/mol. The van der Waals surface area contributed by atoms with Gasteiger partial charge in [0.15, 0.2) is 0 Å². The summed E-state index contributed by atoms with van der Waals surface area (Å²) >= 11 is 0. The molecule has 3 rings (SSSR count). The molecule has 3 aromatic rings. The number of amides is 2. The molecule has 0 aliphatic carbocycles. The van der Waals surface area contributed by atoms with Gasteiger partial charge in [-0.15, -0.1) is 0 Å². The summed E-state index contributed by atoms with van der Waals surface area (Å²) in [5, 5.41) is 8.27. The maximum atomic E-state index is 12.2. The van der Waals surface area contributed by atoms with Gasteiger partial charge < -0.3 is 9.73 Å². The summed E-state index contributed by atoms with van der Waals surface area (Å²) in [5.74, 6) is 0. The zero-order valence-electron chi connectivity index (χ0n) is 12.1. The topological polar surface area (TPSA) is 63.3 Å². The third-order valence-electron chi connectivity index (χ3n) is 3.58. The van der Waals surface area contributed by atoms with E-state index in [9.17, 15) is 4.79 Å². The molecule has 0 spiro atoms. The van der Waals surface area contributed by atoms with Gasteiger partial charge in [0, 0.05) is 36.9 Å². The Hall–Kier alpha value is -2.76. The molecule has 0 radical (unpaired) electrons. The van der Waals surface area contributed by atoms with Gasteiger partial charge in [-0.3, -0.25) is 9.58 Å². The van der Waals surface area contributed by atoms with E-state index in [2.05, 4.69) is 10.4 Å². The van der Waals surface area contributed by atoms with E-state index in [1.165, 1.54) is 17.4 Å². The second-order valence-corrected chi connectivity index (χ2v) is 4.91. The van der Waals surface area contributed by atoms with Gasteiger partial charge in [-0.05, 0) is 25.1 Å². The fourth-order valence-corrected chi connectivity index (χ4v) is 2.19. The second-order valence-electron chi connectivity index (χ2n) is 4.91. The molecule has 1 aromatic carbocycles. The van der Waals surface area contributed by atoms with Gasteiger partial charge in [0.05, 0.1) is 17.5 Å². The number of fused-ring (bicyclic) bond motifs is 1. The zero-order valence-corrected chi connectivity index (χ0v) is 12.1. The molecule has 2 aromatic heterocycles. The van der Waals surface area contributed by atoms with Gasteiger partial charge in [0.1, 0.15) is 6.26 Å². The summed E-state index contributed by atoms with van der Waals surface area (Å²) in [7, 11) is 3.62. The highest BCUT2D eigenvalue weighted by atomic mass is 16.3. The van der Waals surface area contributed by atoms with Crippen LogP contribution in [0.5, 0.6) is 0 Å². The van der Waals surface area contributed by atoms with Crippen LogP contribution in [0, 0.1) is 6.92 Å². The minimum Gasteiger partial charge on any atom is -0.470 e. The van der Waals surface area contributed by atoms with Gasteiger partial charge >= 0.3 is 6.03 Å². The predicted octanol–water partition coefficient (Wildman–Crippen LogP) is 3.14. The van der Waals surface area contributed by atoms with Crippen molar-refractivity contribution in [1.29, 1.82) is 0 Å². The highest BCUT2D eigenvalue weighted by Gasteiger charge is 2.13. The normalized spacial score (nSPS) is 10.8. The van der Waals surface area contributed by atoms with Crippen LogP contribution in [-0.2, 0) is 7.05 Å². The van der Waals surface area contributed by atoms with Crippen molar-refractivity contribution >= 4 is 28.3 Å². The second kappa shape index (κ2) is 4.97. The average molecular weight is 284 g/mol. The molecule has 108 valence electrons. The van der Waals surface area contributed by atoms with Crippen molar-refractivity contribution in [3.63, 3.8) is 0 Å². The van der Waals surface area contributed by atoms with E-state index < -0.39 is 0 Å². The first-order valence-electron chi connectivity index (χ1n) is 6.56. The van der Waals surface area contributed by atoms with Crippen LogP contribution in [0.4, 0.5) is 16.2 Å². The van der Waals surface area contributed by atoms with Gasteiger partial charge in [-0.2, -0.15) is 5.10 Å². The lowest BCUT2D eigenvalue weighted by Crippen LogP contribution is -2.30. The van der Waals surface area contributed by atoms with Crippen LogP contribution in [0.15, 0.2) is 41.2 Å². The molecule has 2 heterocycles. The number of rotatable bonds is 2. The molecule has 0 unspecified atom stereocenters. The number of furan rings is 1. The number of carbonyl (C=O) groups is 1. The molecule has 6 nitrogen and oxygen atoms in total. The Morgan fingerprint density at radius 1 is 1.38 bits per heavy atom. The van der Waals surface area contributed by atoms with E-state index in [4.69, 9.17) is 4.42 Å². The van der Waals surface area contributed by atoms with Gasteiger partial charge in [-0.25, -0.2) is 4.79 Å². The summed E-state index contributed by atoms with van der Waals surface area (Å²) in [5.41, 5.74) is 3.38. The lowest BCUT2D eigenvalue weighted by molar-refractivity contribution is 0.258. The number of nitrogens with zero attached hydrogens (tertiary/aromatic N) is 3. The number of nitrogens with one attached hydrogen (secondary N) is 1. The molecule has 0 saturated carbocycles. The Morgan fingerprint density at radius 2 is 2.19 bits per heavy atom. The maximum absolute atomic E-state index is 12.2. The van der Waals surface area contributed by atoms with Crippen LogP contribution < -0.4 is 10.2 Å². The van der Waals surface area contributed by atoms with Crippen LogP contribution >= 0.6 is 0 Å². The van der Waals surface area contributed by atoms with Crippen molar-refractivity contribution in [3.8, 4) is 0 Å². The molecule has 6 heteroatoms. The van der Waals surface area contributed by atoms with E-state index in [0.29, 0.717) is 5.69 Å². The third-order valence-corrected chi connectivity index (χ3v) is 3.58. The minimum atomic E-state index is -0.233. The number of carbonyl (C=O) groups excluding carboxylic acids is 1. The lowest BCUT2D eigenvalue weighted by Gasteiger charge is -2.17. The monoisotopic (exact) mass is 284 g/mol. The van der Waals surface area contributed by atoms with Crippen molar-refractivity contribution in [2.75, 3.05) is 17.3 Å². The molecule has 0 aliphatic heterocycles.